The molecule has 1 saturated heterocycles. The van der Waals surface area contributed by atoms with E-state index in [9.17, 15) is 9.90 Å². The van der Waals surface area contributed by atoms with Gasteiger partial charge in [0.25, 0.3) is 0 Å². The number of piperidine rings is 1. The van der Waals surface area contributed by atoms with Crippen LogP contribution in [0.3, 0.4) is 0 Å². The van der Waals surface area contributed by atoms with Gasteiger partial charge in [0.2, 0.25) is 0 Å². The summed E-state index contributed by atoms with van der Waals surface area (Å²) in [6, 6.07) is 3.43. The zero-order chi connectivity index (χ0) is 15.6. The van der Waals surface area contributed by atoms with Gasteiger partial charge in [0, 0.05) is 29.2 Å². The van der Waals surface area contributed by atoms with Crippen LogP contribution in [-0.2, 0) is 11.3 Å². The number of nitrogens with zero attached hydrogens (tertiary/aromatic N) is 1. The number of methoxy groups -OCH3 is 1. The van der Waals surface area contributed by atoms with Crippen LogP contribution in [0, 0.1) is 5.92 Å². The predicted molar refractivity (Wildman–Crippen MR) is 79.9 cm³/mol. The fourth-order valence-electron chi connectivity index (χ4n) is 2.80. The van der Waals surface area contributed by atoms with Crippen molar-refractivity contribution in [3.05, 3.63) is 22.7 Å². The minimum Gasteiger partial charge on any atom is -0.504 e. The standard InChI is InChI=1S/C15H20ClNO4/c1-9-5-10(15(19)20)3-4-17(9)8-11-6-12(16)7-13(21-2)14(11)18/h6-7,9-10,18H,3-5,8H2,1-2H3,(H,19,20). The molecule has 1 aromatic rings. The molecule has 2 rings (SSSR count). The summed E-state index contributed by atoms with van der Waals surface area (Å²) in [5, 5.41) is 19.8. The number of rotatable bonds is 4. The summed E-state index contributed by atoms with van der Waals surface area (Å²) < 4.78 is 5.10. The Hall–Kier alpha value is -1.46. The van der Waals surface area contributed by atoms with Gasteiger partial charge >= 0.3 is 5.97 Å². The maximum absolute atomic E-state index is 11.1. The fraction of sp³-hybridized carbons (Fsp3) is 0.533. The van der Waals surface area contributed by atoms with Crippen LogP contribution in [0.1, 0.15) is 25.3 Å². The molecule has 6 heteroatoms. The maximum atomic E-state index is 11.1. The largest absolute Gasteiger partial charge is 0.504 e. The van der Waals surface area contributed by atoms with Crippen LogP contribution in [0.25, 0.3) is 0 Å². The molecule has 0 aromatic heterocycles. The van der Waals surface area contributed by atoms with Crippen molar-refractivity contribution in [1.29, 1.82) is 0 Å². The Bertz CT molecular complexity index is 535. The average Bonchev–Trinajstić information content (AvgIpc) is 2.44. The Morgan fingerprint density at radius 2 is 2.24 bits per heavy atom. The van der Waals surface area contributed by atoms with Crippen LogP contribution in [0.5, 0.6) is 11.5 Å². The van der Waals surface area contributed by atoms with Gasteiger partial charge in [0.05, 0.1) is 13.0 Å². The number of carboxylic acid groups (broad SMARTS) is 1. The van der Waals surface area contributed by atoms with Crippen LogP contribution in [0.2, 0.25) is 5.02 Å². The van der Waals surface area contributed by atoms with E-state index in [1.54, 1.807) is 12.1 Å². The van der Waals surface area contributed by atoms with Gasteiger partial charge in [0.1, 0.15) is 0 Å². The first-order valence-electron chi connectivity index (χ1n) is 6.94. The molecule has 116 valence electrons. The smallest absolute Gasteiger partial charge is 0.306 e. The van der Waals surface area contributed by atoms with E-state index in [0.29, 0.717) is 42.3 Å². The van der Waals surface area contributed by atoms with E-state index in [4.69, 9.17) is 21.4 Å². The monoisotopic (exact) mass is 313 g/mol. The number of likely N-dealkylation sites (tertiary alicyclic amines) is 1. The van der Waals surface area contributed by atoms with Crippen molar-refractivity contribution in [2.75, 3.05) is 13.7 Å². The Morgan fingerprint density at radius 1 is 1.52 bits per heavy atom. The minimum absolute atomic E-state index is 0.0921. The Labute approximate surface area is 129 Å². The van der Waals surface area contributed by atoms with Gasteiger partial charge in [-0.15, -0.1) is 0 Å². The molecule has 21 heavy (non-hydrogen) atoms. The molecule has 2 unspecified atom stereocenters. The van der Waals surface area contributed by atoms with E-state index in [0.717, 1.165) is 0 Å². The summed E-state index contributed by atoms with van der Waals surface area (Å²) in [7, 11) is 1.48. The normalized spacial score (nSPS) is 23.0. The molecule has 1 aliphatic heterocycles. The third kappa shape index (κ3) is 3.60. The lowest BCUT2D eigenvalue weighted by Crippen LogP contribution is -2.42. The highest BCUT2D eigenvalue weighted by molar-refractivity contribution is 6.30. The first-order valence-corrected chi connectivity index (χ1v) is 7.32. The van der Waals surface area contributed by atoms with Gasteiger partial charge in [-0.05, 0) is 32.4 Å². The molecule has 0 saturated carbocycles. The van der Waals surface area contributed by atoms with Crippen molar-refractivity contribution >= 4 is 17.6 Å². The van der Waals surface area contributed by atoms with Crippen molar-refractivity contribution in [3.8, 4) is 11.5 Å². The topological polar surface area (TPSA) is 70.0 Å². The summed E-state index contributed by atoms with van der Waals surface area (Å²) in [5.74, 6) is -0.562. The molecule has 0 amide bonds. The molecule has 1 aromatic carbocycles. The van der Waals surface area contributed by atoms with Crippen molar-refractivity contribution in [1.82, 2.24) is 4.90 Å². The van der Waals surface area contributed by atoms with Gasteiger partial charge < -0.3 is 14.9 Å². The maximum Gasteiger partial charge on any atom is 0.306 e. The molecule has 2 atom stereocenters. The van der Waals surface area contributed by atoms with Crippen LogP contribution >= 0.6 is 11.6 Å². The molecule has 2 N–H and O–H groups in total. The number of hydrogen-bond acceptors (Lipinski definition) is 4. The highest BCUT2D eigenvalue weighted by Crippen LogP contribution is 2.35. The van der Waals surface area contributed by atoms with Gasteiger partial charge in [-0.2, -0.15) is 0 Å². The second kappa shape index (κ2) is 6.54. The molecule has 0 spiro atoms. The third-order valence-corrected chi connectivity index (χ3v) is 4.29. The van der Waals surface area contributed by atoms with Gasteiger partial charge in [-0.25, -0.2) is 0 Å². The third-order valence-electron chi connectivity index (χ3n) is 4.07. The number of halogens is 1. The van der Waals surface area contributed by atoms with Crippen molar-refractivity contribution in [3.63, 3.8) is 0 Å². The number of phenols is 1. The number of phenolic OH excluding ortho intramolecular Hbond substituents is 1. The molecule has 1 heterocycles. The van der Waals surface area contributed by atoms with E-state index in [1.165, 1.54) is 7.11 Å². The van der Waals surface area contributed by atoms with Crippen LogP contribution < -0.4 is 4.74 Å². The molecule has 5 nitrogen and oxygen atoms in total. The highest BCUT2D eigenvalue weighted by Gasteiger charge is 2.30. The second-order valence-electron chi connectivity index (χ2n) is 5.49. The lowest BCUT2D eigenvalue weighted by Gasteiger charge is -2.36. The van der Waals surface area contributed by atoms with Crippen LogP contribution in [-0.4, -0.2) is 40.8 Å². The number of ether oxygens (including phenoxy) is 1. The van der Waals surface area contributed by atoms with E-state index in [2.05, 4.69) is 4.90 Å². The van der Waals surface area contributed by atoms with E-state index >= 15 is 0 Å². The van der Waals surface area contributed by atoms with E-state index < -0.39 is 5.97 Å². The lowest BCUT2D eigenvalue weighted by atomic mass is 9.91. The predicted octanol–water partition coefficient (Wildman–Crippen LogP) is 2.74. The Balaban J connectivity index is 2.12. The number of aliphatic carboxylic acids is 1. The number of carbonyl (C=O) groups is 1. The molecule has 1 aliphatic rings. The lowest BCUT2D eigenvalue weighted by molar-refractivity contribution is -0.144. The molecular formula is C15H20ClNO4. The molecule has 0 aliphatic carbocycles. The second-order valence-corrected chi connectivity index (χ2v) is 5.93. The first kappa shape index (κ1) is 15.9. The van der Waals surface area contributed by atoms with Crippen LogP contribution in [0.15, 0.2) is 12.1 Å². The van der Waals surface area contributed by atoms with Crippen molar-refractivity contribution in [2.24, 2.45) is 5.92 Å². The summed E-state index contributed by atoms with van der Waals surface area (Å²) in [6.07, 6.45) is 1.24. The quantitative estimate of drug-likeness (QED) is 0.894. The fourth-order valence-corrected chi connectivity index (χ4v) is 3.03. The highest BCUT2D eigenvalue weighted by atomic mass is 35.5. The zero-order valence-corrected chi connectivity index (χ0v) is 12.9. The first-order chi connectivity index (χ1) is 9.92. The Morgan fingerprint density at radius 3 is 2.81 bits per heavy atom. The zero-order valence-electron chi connectivity index (χ0n) is 12.2. The van der Waals surface area contributed by atoms with Crippen LogP contribution in [0.4, 0.5) is 0 Å². The summed E-state index contributed by atoms with van der Waals surface area (Å²) >= 11 is 6.03. The SMILES string of the molecule is COc1cc(Cl)cc(CN2CCC(C(=O)O)CC2C)c1O. The summed E-state index contributed by atoms with van der Waals surface area (Å²) in [5.41, 5.74) is 0.694. The molecule has 0 radical (unpaired) electrons. The summed E-state index contributed by atoms with van der Waals surface area (Å²) in [4.78, 5) is 13.2. The van der Waals surface area contributed by atoms with Gasteiger partial charge in [-0.1, -0.05) is 11.6 Å². The molecule has 0 bridgehead atoms. The average molecular weight is 314 g/mol. The van der Waals surface area contributed by atoms with Crippen molar-refractivity contribution < 1.29 is 19.7 Å². The van der Waals surface area contributed by atoms with E-state index in [-0.39, 0.29) is 17.7 Å². The number of carboxylic acids is 1. The van der Waals surface area contributed by atoms with Gasteiger partial charge in [-0.3, -0.25) is 9.69 Å². The number of hydrogen-bond donors (Lipinski definition) is 2. The molecular weight excluding hydrogens is 294 g/mol. The molecule has 1 fully saturated rings. The summed E-state index contributed by atoms with van der Waals surface area (Å²) in [6.45, 7) is 3.22. The number of aromatic hydroxyl groups is 1. The van der Waals surface area contributed by atoms with E-state index in [1.807, 2.05) is 6.92 Å². The Kier molecular flexibility index (Phi) is 4.96. The number of benzene rings is 1. The van der Waals surface area contributed by atoms with Gasteiger partial charge in [0.15, 0.2) is 11.5 Å². The van der Waals surface area contributed by atoms with Crippen molar-refractivity contribution in [2.45, 2.75) is 32.4 Å². The minimum atomic E-state index is -0.728.